The van der Waals surface area contributed by atoms with Crippen molar-refractivity contribution in [3.05, 3.63) is 59.0 Å². The highest BCUT2D eigenvalue weighted by Crippen LogP contribution is 2.24. The van der Waals surface area contributed by atoms with Crippen LogP contribution in [0.5, 0.6) is 11.5 Å². The fourth-order valence-electron chi connectivity index (χ4n) is 2.63. The van der Waals surface area contributed by atoms with Crippen LogP contribution >= 0.6 is 0 Å². The number of benzene rings is 2. The Kier molecular flexibility index (Phi) is 5.00. The van der Waals surface area contributed by atoms with Gasteiger partial charge in [0.1, 0.15) is 17.2 Å². The first-order valence-corrected chi connectivity index (χ1v) is 7.73. The average molecular weight is 312 g/mol. The molecule has 3 rings (SSSR count). The molecule has 5 nitrogen and oxygen atoms in total. The minimum atomic E-state index is 0.395. The topological polar surface area (TPSA) is 51.1 Å². The number of nitrogens with zero attached hydrogens (tertiary/aromatic N) is 2. The van der Waals surface area contributed by atoms with Gasteiger partial charge in [-0.1, -0.05) is 12.1 Å². The molecule has 1 unspecified atom stereocenters. The molecule has 120 valence electrons. The molecule has 1 atom stereocenters. The van der Waals surface area contributed by atoms with Crippen molar-refractivity contribution in [1.29, 1.82) is 0 Å². The highest BCUT2D eigenvalue weighted by molar-refractivity contribution is 5.42. The lowest BCUT2D eigenvalue weighted by Gasteiger charge is -2.32. The molecular formula is C18H20N2O3. The van der Waals surface area contributed by atoms with E-state index >= 15 is 0 Å². The predicted molar refractivity (Wildman–Crippen MR) is 89.4 cm³/mol. The van der Waals surface area contributed by atoms with Crippen molar-refractivity contribution >= 4 is 5.69 Å². The Hall–Kier alpha value is -2.24. The van der Waals surface area contributed by atoms with Gasteiger partial charge in [-0.3, -0.25) is 4.90 Å². The molecule has 23 heavy (non-hydrogen) atoms. The van der Waals surface area contributed by atoms with Gasteiger partial charge in [-0.05, 0) is 60.6 Å². The molecule has 0 amide bonds. The predicted octanol–water partition coefficient (Wildman–Crippen LogP) is 3.75. The van der Waals surface area contributed by atoms with E-state index in [4.69, 9.17) is 9.47 Å². The Balaban J connectivity index is 1.60. The van der Waals surface area contributed by atoms with E-state index in [1.165, 1.54) is 5.56 Å². The zero-order valence-electron chi connectivity index (χ0n) is 13.1. The molecule has 1 aliphatic heterocycles. The summed E-state index contributed by atoms with van der Waals surface area (Å²) < 4.78 is 11.3. The summed E-state index contributed by atoms with van der Waals surface area (Å²) in [5.74, 6) is 1.46. The van der Waals surface area contributed by atoms with Crippen LogP contribution in [0.2, 0.25) is 0 Å². The van der Waals surface area contributed by atoms with Gasteiger partial charge in [-0.2, -0.15) is 0 Å². The molecule has 2 aromatic carbocycles. The summed E-state index contributed by atoms with van der Waals surface area (Å²) >= 11 is 0. The van der Waals surface area contributed by atoms with Gasteiger partial charge in [0, 0.05) is 12.6 Å². The normalized spacial score (nSPS) is 18.6. The fraction of sp³-hybridized carbons (Fsp3) is 0.333. The molecule has 5 heteroatoms. The van der Waals surface area contributed by atoms with E-state index in [1.807, 2.05) is 12.1 Å². The second kappa shape index (κ2) is 7.35. The molecule has 0 aromatic heterocycles. The third-order valence-corrected chi connectivity index (χ3v) is 4.09. The third-order valence-electron chi connectivity index (χ3n) is 4.09. The van der Waals surface area contributed by atoms with Crippen LogP contribution < -0.4 is 4.74 Å². The highest BCUT2D eigenvalue weighted by atomic mass is 16.5. The summed E-state index contributed by atoms with van der Waals surface area (Å²) in [7, 11) is 2.14. The average Bonchev–Trinajstić information content (AvgIpc) is 2.59. The van der Waals surface area contributed by atoms with E-state index in [-0.39, 0.29) is 0 Å². The number of hydrogen-bond acceptors (Lipinski definition) is 5. The largest absolute Gasteiger partial charge is 0.457 e. The first kappa shape index (κ1) is 15.6. The molecule has 0 bridgehead atoms. The molecule has 0 saturated carbocycles. The van der Waals surface area contributed by atoms with Crippen molar-refractivity contribution in [3.8, 4) is 11.5 Å². The second-order valence-corrected chi connectivity index (χ2v) is 5.74. The van der Waals surface area contributed by atoms with Crippen molar-refractivity contribution in [1.82, 2.24) is 4.90 Å². The van der Waals surface area contributed by atoms with Gasteiger partial charge in [0.25, 0.3) is 0 Å². The smallest absolute Gasteiger partial charge is 0.127 e. The maximum Gasteiger partial charge on any atom is 0.127 e. The SMILES string of the molecule is CN1CCOCC1Cc1ccc(Oc2ccc(N=O)cc2)cc1. The van der Waals surface area contributed by atoms with Gasteiger partial charge in [-0.25, -0.2) is 0 Å². The molecule has 0 radical (unpaired) electrons. The highest BCUT2D eigenvalue weighted by Gasteiger charge is 2.19. The summed E-state index contributed by atoms with van der Waals surface area (Å²) in [6.45, 7) is 2.58. The summed E-state index contributed by atoms with van der Waals surface area (Å²) in [5.41, 5.74) is 1.66. The zero-order chi connectivity index (χ0) is 16.1. The van der Waals surface area contributed by atoms with E-state index in [1.54, 1.807) is 24.3 Å². The van der Waals surface area contributed by atoms with Gasteiger partial charge >= 0.3 is 0 Å². The molecule has 0 spiro atoms. The number of morpholine rings is 1. The first-order chi connectivity index (χ1) is 11.2. The lowest BCUT2D eigenvalue weighted by atomic mass is 10.0. The Bertz CT molecular complexity index is 640. The minimum Gasteiger partial charge on any atom is -0.457 e. The van der Waals surface area contributed by atoms with Crippen LogP contribution in [-0.2, 0) is 11.2 Å². The molecule has 1 saturated heterocycles. The van der Waals surface area contributed by atoms with Crippen molar-refractivity contribution in [2.24, 2.45) is 5.18 Å². The van der Waals surface area contributed by atoms with E-state index < -0.39 is 0 Å². The zero-order valence-corrected chi connectivity index (χ0v) is 13.1. The second-order valence-electron chi connectivity index (χ2n) is 5.74. The van der Waals surface area contributed by atoms with Crippen LogP contribution in [-0.4, -0.2) is 37.7 Å². The number of hydrogen-bond donors (Lipinski definition) is 0. The van der Waals surface area contributed by atoms with Gasteiger partial charge in [-0.15, -0.1) is 4.91 Å². The Morgan fingerprint density at radius 2 is 1.78 bits per heavy atom. The lowest BCUT2D eigenvalue weighted by Crippen LogP contribution is -2.43. The van der Waals surface area contributed by atoms with E-state index in [9.17, 15) is 4.91 Å². The number of nitroso groups, excluding NO2 is 1. The maximum atomic E-state index is 10.4. The molecule has 2 aromatic rings. The third kappa shape index (κ3) is 4.15. The van der Waals surface area contributed by atoms with Crippen LogP contribution in [0.3, 0.4) is 0 Å². The fourth-order valence-corrected chi connectivity index (χ4v) is 2.63. The lowest BCUT2D eigenvalue weighted by molar-refractivity contribution is 0.00624. The number of ether oxygens (including phenoxy) is 2. The Morgan fingerprint density at radius 3 is 2.39 bits per heavy atom. The van der Waals surface area contributed by atoms with Gasteiger partial charge in [0.15, 0.2) is 0 Å². The van der Waals surface area contributed by atoms with Crippen molar-refractivity contribution in [2.75, 3.05) is 26.8 Å². The Morgan fingerprint density at radius 1 is 1.13 bits per heavy atom. The van der Waals surface area contributed by atoms with Crippen molar-refractivity contribution < 1.29 is 9.47 Å². The molecule has 1 fully saturated rings. The standard InChI is InChI=1S/C18H20N2O3/c1-20-10-11-22-13-16(20)12-14-2-6-17(7-3-14)23-18-8-4-15(19-21)5-9-18/h2-9,16H,10-13H2,1H3. The number of likely N-dealkylation sites (N-methyl/N-ethyl adjacent to an activating group) is 1. The maximum absolute atomic E-state index is 10.4. The number of rotatable bonds is 5. The van der Waals surface area contributed by atoms with E-state index in [2.05, 4.69) is 29.3 Å². The van der Waals surface area contributed by atoms with Crippen molar-refractivity contribution in [3.63, 3.8) is 0 Å². The van der Waals surface area contributed by atoms with Gasteiger partial charge in [0.2, 0.25) is 0 Å². The van der Waals surface area contributed by atoms with Crippen LogP contribution in [0.25, 0.3) is 0 Å². The summed E-state index contributed by atoms with van der Waals surface area (Å²) in [6, 6.07) is 15.3. The monoisotopic (exact) mass is 312 g/mol. The molecule has 0 N–H and O–H groups in total. The summed E-state index contributed by atoms with van der Waals surface area (Å²) in [4.78, 5) is 12.7. The van der Waals surface area contributed by atoms with E-state index in [0.29, 0.717) is 17.5 Å². The minimum absolute atomic E-state index is 0.395. The molecule has 1 aliphatic rings. The van der Waals surface area contributed by atoms with Gasteiger partial charge < -0.3 is 9.47 Å². The van der Waals surface area contributed by atoms with Gasteiger partial charge in [0.05, 0.1) is 13.2 Å². The molecule has 0 aliphatic carbocycles. The summed E-state index contributed by atoms with van der Waals surface area (Å²) in [5, 5.41) is 2.87. The molecular weight excluding hydrogens is 292 g/mol. The van der Waals surface area contributed by atoms with Crippen LogP contribution in [0.4, 0.5) is 5.69 Å². The van der Waals surface area contributed by atoms with Crippen LogP contribution in [0, 0.1) is 4.91 Å². The quantitative estimate of drug-likeness (QED) is 0.789. The Labute approximate surface area is 135 Å². The summed E-state index contributed by atoms with van der Waals surface area (Å²) in [6.07, 6.45) is 0.969. The van der Waals surface area contributed by atoms with Crippen molar-refractivity contribution in [2.45, 2.75) is 12.5 Å². The van der Waals surface area contributed by atoms with Crippen LogP contribution in [0.1, 0.15) is 5.56 Å². The van der Waals surface area contributed by atoms with E-state index in [0.717, 1.165) is 31.9 Å². The molecule has 1 heterocycles. The van der Waals surface area contributed by atoms with Crippen LogP contribution in [0.15, 0.2) is 53.7 Å². The first-order valence-electron chi connectivity index (χ1n) is 7.73.